The number of aliphatic hydroxyl groups is 1. The Balaban J connectivity index is 1.64. The largest absolute Gasteiger partial charge is 0.507 e. The maximum atomic E-state index is 12.5. The van der Waals surface area contributed by atoms with Crippen molar-refractivity contribution in [3.8, 4) is 0 Å². The number of hydrogen-bond donors (Lipinski definition) is 5. The molecular formula is C28H40N7O3+. The Bertz CT molecular complexity index is 1170. The number of nitroso groups, excluding NO2 is 1. The van der Waals surface area contributed by atoms with E-state index in [0.717, 1.165) is 36.4 Å². The van der Waals surface area contributed by atoms with E-state index in [2.05, 4.69) is 4.90 Å². The van der Waals surface area contributed by atoms with Crippen molar-refractivity contribution in [1.82, 2.24) is 0 Å². The number of amidine groups is 2. The second-order valence-corrected chi connectivity index (χ2v) is 11.0. The van der Waals surface area contributed by atoms with Crippen LogP contribution in [0.1, 0.15) is 47.0 Å². The van der Waals surface area contributed by atoms with Gasteiger partial charge in [0.15, 0.2) is 5.84 Å². The molecule has 3 unspecified atom stereocenters. The highest BCUT2D eigenvalue weighted by atomic mass is 16.5. The number of nitrogens with two attached hydrogens (primary N) is 1. The van der Waals surface area contributed by atoms with E-state index in [9.17, 15) is 10.0 Å². The van der Waals surface area contributed by atoms with Crippen LogP contribution < -0.4 is 15.5 Å². The van der Waals surface area contributed by atoms with Gasteiger partial charge in [0, 0.05) is 69.9 Å². The van der Waals surface area contributed by atoms with Crippen molar-refractivity contribution >= 4 is 28.8 Å². The predicted octanol–water partition coefficient (Wildman–Crippen LogP) is 4.35. The molecule has 1 aromatic carbocycles. The monoisotopic (exact) mass is 522 g/mol. The first-order valence-electron chi connectivity index (χ1n) is 13.3. The molecule has 0 spiro atoms. The van der Waals surface area contributed by atoms with Crippen LogP contribution in [0.5, 0.6) is 0 Å². The second-order valence-electron chi connectivity index (χ2n) is 11.0. The van der Waals surface area contributed by atoms with Gasteiger partial charge in [-0.2, -0.15) is 0 Å². The summed E-state index contributed by atoms with van der Waals surface area (Å²) < 4.78 is 6.75. The fraction of sp³-hybridized carbons (Fsp3) is 0.536. The zero-order chi connectivity index (χ0) is 27.7. The highest BCUT2D eigenvalue weighted by Gasteiger charge is 2.40. The molecule has 10 heteroatoms. The number of benzene rings is 1. The Morgan fingerprint density at radius 1 is 1.16 bits per heavy atom. The van der Waals surface area contributed by atoms with E-state index in [0.29, 0.717) is 22.7 Å². The minimum absolute atomic E-state index is 0.0391. The van der Waals surface area contributed by atoms with Gasteiger partial charge >= 0.3 is 0 Å². The van der Waals surface area contributed by atoms with Gasteiger partial charge in [-0.1, -0.05) is 13.8 Å². The molecule has 1 aromatic rings. The van der Waals surface area contributed by atoms with E-state index >= 15 is 0 Å². The van der Waals surface area contributed by atoms with Gasteiger partial charge in [-0.3, -0.25) is 15.7 Å². The SMILES string of the molecule is CC1CN(c2ccc(N(C(=N)C[N+](=O)C3CC3)C(=N)C3=C(O)C=C(N)C(C(=N)C(C)C)C3)cc2)CC(C)O1. The number of allylic oxidation sites excluding steroid dienone is 2. The second kappa shape index (κ2) is 11.1. The first kappa shape index (κ1) is 27.5. The van der Waals surface area contributed by atoms with Crippen molar-refractivity contribution in [1.29, 1.82) is 16.2 Å². The molecule has 1 saturated heterocycles. The van der Waals surface area contributed by atoms with E-state index in [1.165, 1.54) is 11.0 Å². The smallest absolute Gasteiger partial charge is 0.249 e. The lowest BCUT2D eigenvalue weighted by Gasteiger charge is -2.37. The van der Waals surface area contributed by atoms with Crippen molar-refractivity contribution in [3.05, 3.63) is 52.3 Å². The average Bonchev–Trinajstić information content (AvgIpc) is 3.69. The zero-order valence-electron chi connectivity index (χ0n) is 22.7. The first-order chi connectivity index (χ1) is 18.0. The summed E-state index contributed by atoms with van der Waals surface area (Å²) in [5.74, 6) is -0.762. The molecular weight excluding hydrogens is 482 g/mol. The van der Waals surface area contributed by atoms with E-state index < -0.39 is 5.92 Å². The van der Waals surface area contributed by atoms with Crippen molar-refractivity contribution < 1.29 is 14.6 Å². The number of morpholine rings is 1. The van der Waals surface area contributed by atoms with Crippen LogP contribution in [0.2, 0.25) is 0 Å². The van der Waals surface area contributed by atoms with Crippen LogP contribution in [0.4, 0.5) is 11.4 Å². The molecule has 1 saturated carbocycles. The number of hydrogen-bond acceptors (Lipinski definition) is 8. The molecule has 4 rings (SSSR count). The molecule has 2 aliphatic carbocycles. The molecule has 38 heavy (non-hydrogen) atoms. The van der Waals surface area contributed by atoms with Gasteiger partial charge in [0.25, 0.3) is 0 Å². The zero-order valence-corrected chi connectivity index (χ0v) is 22.7. The third kappa shape index (κ3) is 5.96. The number of nitrogens with zero attached hydrogens (tertiary/aromatic N) is 3. The number of ether oxygens (including phenoxy) is 1. The third-order valence-electron chi connectivity index (χ3n) is 7.35. The summed E-state index contributed by atoms with van der Waals surface area (Å²) in [6.45, 7) is 9.30. The standard InChI is InChI=1S/C28H39N7O3/c1-16(2)27(31)22-11-23(25(36)12-24(22)29)28(32)35(26(30)15-34(37)20-7-8-20)21-9-5-19(6-10-21)33-13-17(3)38-18(4)14-33/h5-6,9-10,12,16-18,20,22,30-31H,7-8,11,13-15H2,1-4H3,(H3-,29,32,36)/p+1. The molecule has 0 radical (unpaired) electrons. The lowest BCUT2D eigenvalue weighted by Crippen LogP contribution is -2.45. The van der Waals surface area contributed by atoms with Crippen molar-refractivity contribution in [2.24, 2.45) is 17.6 Å². The predicted molar refractivity (Wildman–Crippen MR) is 151 cm³/mol. The summed E-state index contributed by atoms with van der Waals surface area (Å²) in [7, 11) is 0. The summed E-state index contributed by atoms with van der Waals surface area (Å²) in [6, 6.07) is 7.50. The van der Waals surface area contributed by atoms with Crippen LogP contribution in [0, 0.1) is 33.0 Å². The van der Waals surface area contributed by atoms with Crippen molar-refractivity contribution in [3.63, 3.8) is 0 Å². The van der Waals surface area contributed by atoms with Gasteiger partial charge in [0.05, 0.1) is 12.2 Å². The van der Waals surface area contributed by atoms with Crippen LogP contribution in [-0.2, 0) is 4.74 Å². The number of rotatable bonds is 8. The van der Waals surface area contributed by atoms with Crippen LogP contribution >= 0.6 is 0 Å². The number of aliphatic hydroxyl groups excluding tert-OH is 1. The van der Waals surface area contributed by atoms with Gasteiger partial charge in [0.2, 0.25) is 12.6 Å². The Labute approximate surface area is 224 Å². The van der Waals surface area contributed by atoms with Gasteiger partial charge < -0.3 is 25.9 Å². The molecule has 204 valence electrons. The molecule has 3 aliphatic rings. The normalized spacial score (nSPS) is 23.8. The molecule has 0 bridgehead atoms. The summed E-state index contributed by atoms with van der Waals surface area (Å²) in [4.78, 5) is 16.2. The summed E-state index contributed by atoms with van der Waals surface area (Å²) in [6.07, 6.45) is 3.44. The molecule has 1 aliphatic heterocycles. The lowest BCUT2D eigenvalue weighted by molar-refractivity contribution is -0.548. The molecule has 10 nitrogen and oxygen atoms in total. The third-order valence-corrected chi connectivity index (χ3v) is 7.35. The van der Waals surface area contributed by atoms with E-state index in [4.69, 9.17) is 26.7 Å². The first-order valence-corrected chi connectivity index (χ1v) is 13.3. The highest BCUT2D eigenvalue weighted by molar-refractivity contribution is 6.23. The molecule has 2 fully saturated rings. The van der Waals surface area contributed by atoms with Gasteiger partial charge in [-0.15, -0.1) is 0 Å². The molecule has 0 aromatic heterocycles. The Kier molecular flexibility index (Phi) is 8.01. The van der Waals surface area contributed by atoms with E-state index in [-0.39, 0.29) is 54.6 Å². The summed E-state index contributed by atoms with van der Waals surface area (Å²) in [5.41, 5.74) is 8.84. The van der Waals surface area contributed by atoms with Crippen LogP contribution in [0.25, 0.3) is 0 Å². The van der Waals surface area contributed by atoms with Crippen molar-refractivity contribution in [2.75, 3.05) is 29.4 Å². The van der Waals surface area contributed by atoms with E-state index in [1.807, 2.05) is 52.0 Å². The summed E-state index contributed by atoms with van der Waals surface area (Å²) >= 11 is 0. The fourth-order valence-electron chi connectivity index (χ4n) is 5.15. The maximum absolute atomic E-state index is 12.5. The van der Waals surface area contributed by atoms with Gasteiger partial charge in [0.1, 0.15) is 11.6 Å². The molecule has 6 N–H and O–H groups in total. The lowest BCUT2D eigenvalue weighted by atomic mass is 9.82. The van der Waals surface area contributed by atoms with Gasteiger partial charge in [-0.25, -0.2) is 0 Å². The maximum Gasteiger partial charge on any atom is 0.249 e. The number of nitrogens with one attached hydrogen (secondary N) is 3. The minimum Gasteiger partial charge on any atom is -0.507 e. The Morgan fingerprint density at radius 2 is 1.76 bits per heavy atom. The Morgan fingerprint density at radius 3 is 2.32 bits per heavy atom. The topological polar surface area (TPSA) is 154 Å². The van der Waals surface area contributed by atoms with Crippen LogP contribution in [0.15, 0.2) is 47.4 Å². The Hall–Kier alpha value is -3.53. The van der Waals surface area contributed by atoms with Crippen LogP contribution in [-0.4, -0.2) is 65.1 Å². The quantitative estimate of drug-likeness (QED) is 0.194. The fourth-order valence-corrected chi connectivity index (χ4v) is 5.15. The van der Waals surface area contributed by atoms with Gasteiger partial charge in [-0.05, 0) is 56.5 Å². The minimum atomic E-state index is -0.438. The number of anilines is 2. The summed E-state index contributed by atoms with van der Waals surface area (Å²) in [5, 5.41) is 37.2. The average molecular weight is 523 g/mol. The van der Waals surface area contributed by atoms with E-state index in [1.54, 1.807) is 0 Å². The van der Waals surface area contributed by atoms with Crippen LogP contribution in [0.3, 0.4) is 0 Å². The highest BCUT2D eigenvalue weighted by Crippen LogP contribution is 2.32. The molecule has 3 atom stereocenters. The molecule has 0 amide bonds. The molecule has 1 heterocycles. The van der Waals surface area contributed by atoms with Crippen molar-refractivity contribution in [2.45, 2.75) is 65.2 Å².